The van der Waals surface area contributed by atoms with Crippen LogP contribution in [0.4, 0.5) is 10.3 Å². The molecule has 5 rings (SSSR count). The third-order valence-corrected chi connectivity index (χ3v) is 6.59. The summed E-state index contributed by atoms with van der Waals surface area (Å²) >= 11 is 6.14. The first-order valence-corrected chi connectivity index (χ1v) is 11.6. The van der Waals surface area contributed by atoms with E-state index < -0.39 is 35.9 Å². The second-order valence-corrected chi connectivity index (χ2v) is 9.07. The Morgan fingerprint density at radius 2 is 1.89 bits per heavy atom. The summed E-state index contributed by atoms with van der Waals surface area (Å²) in [4.78, 5) is 36.8. The van der Waals surface area contributed by atoms with Crippen molar-refractivity contribution in [1.29, 1.82) is 0 Å². The number of imidazole rings is 1. The number of carboxylic acids is 1. The molecule has 4 aromatic rings. The van der Waals surface area contributed by atoms with Gasteiger partial charge < -0.3 is 20.3 Å². The second-order valence-electron chi connectivity index (χ2n) is 8.71. The van der Waals surface area contributed by atoms with Crippen LogP contribution in [-0.4, -0.2) is 54.9 Å². The summed E-state index contributed by atoms with van der Waals surface area (Å²) in [6.07, 6.45) is -1.10. The summed E-state index contributed by atoms with van der Waals surface area (Å²) in [5.41, 5.74) is 4.28. The van der Waals surface area contributed by atoms with Crippen LogP contribution in [0, 0.1) is 0 Å². The zero-order valence-corrected chi connectivity index (χ0v) is 20.2. The van der Waals surface area contributed by atoms with Gasteiger partial charge in [-0.15, -0.1) is 0 Å². The zero-order chi connectivity index (χ0) is 26.3. The normalized spacial score (nSPS) is 23.3. The van der Waals surface area contributed by atoms with E-state index in [0.29, 0.717) is 5.56 Å². The SMILES string of the molecule is CC1(F)C(c2ccccc2C(=O)O)C(COC(=O)c2ccccc2)OC1n1cnc2c(Cl)nc(N)nc21. The molecule has 12 heteroatoms. The molecule has 3 heterocycles. The number of nitrogen functional groups attached to an aromatic ring is 1. The number of carbonyl (C=O) groups is 2. The standard InChI is InChI=1S/C25H21ClFN5O5/c1-25(27)17(14-9-5-6-10-15(14)21(33)34)16(11-36-22(35)13-7-3-2-4-8-13)37-23(25)32-12-29-18-19(26)30-24(28)31-20(18)32/h2-10,12,16-17,23H,11H2,1H3,(H,33,34)(H2,28,30,31). The maximum atomic E-state index is 16.8. The number of nitrogens with zero attached hydrogens (tertiary/aromatic N) is 4. The van der Waals surface area contributed by atoms with Gasteiger partial charge in [0, 0.05) is 0 Å². The zero-order valence-electron chi connectivity index (χ0n) is 19.4. The van der Waals surface area contributed by atoms with Crippen LogP contribution in [0.25, 0.3) is 11.2 Å². The van der Waals surface area contributed by atoms with Crippen molar-refractivity contribution < 1.29 is 28.6 Å². The summed E-state index contributed by atoms with van der Waals surface area (Å²) in [5, 5.41) is 9.78. The van der Waals surface area contributed by atoms with Crippen LogP contribution in [0.5, 0.6) is 0 Å². The van der Waals surface area contributed by atoms with Gasteiger partial charge >= 0.3 is 11.9 Å². The highest BCUT2D eigenvalue weighted by Gasteiger charge is 2.57. The third-order valence-electron chi connectivity index (χ3n) is 6.33. The second kappa shape index (κ2) is 9.41. The Hall–Kier alpha value is -4.09. The molecular formula is C25H21ClFN5O5. The van der Waals surface area contributed by atoms with Gasteiger partial charge in [-0.05, 0) is 30.7 Å². The van der Waals surface area contributed by atoms with E-state index in [1.165, 1.54) is 30.0 Å². The summed E-state index contributed by atoms with van der Waals surface area (Å²) in [6, 6.07) is 14.4. The van der Waals surface area contributed by atoms with Gasteiger partial charge in [0.05, 0.1) is 23.4 Å². The fourth-order valence-electron chi connectivity index (χ4n) is 4.72. The summed E-state index contributed by atoms with van der Waals surface area (Å²) in [5.74, 6) is -3.13. The summed E-state index contributed by atoms with van der Waals surface area (Å²) in [6.45, 7) is 0.949. The average Bonchev–Trinajstić information content (AvgIpc) is 3.40. The van der Waals surface area contributed by atoms with Gasteiger partial charge in [-0.25, -0.2) is 19.0 Å². The maximum Gasteiger partial charge on any atom is 0.338 e. The molecule has 0 amide bonds. The molecule has 1 aliphatic rings. The van der Waals surface area contributed by atoms with Gasteiger partial charge in [0.15, 0.2) is 22.7 Å². The predicted octanol–water partition coefficient (Wildman–Crippen LogP) is 4.03. The van der Waals surface area contributed by atoms with Crippen molar-refractivity contribution in [2.75, 3.05) is 12.3 Å². The van der Waals surface area contributed by atoms with Gasteiger partial charge in [-0.3, -0.25) is 4.57 Å². The lowest BCUT2D eigenvalue weighted by Crippen LogP contribution is -2.35. The number of halogens is 2. The lowest BCUT2D eigenvalue weighted by molar-refractivity contribution is -0.0601. The number of carbonyl (C=O) groups excluding carboxylic acids is 1. The Kier molecular flexibility index (Phi) is 6.26. The van der Waals surface area contributed by atoms with Crippen molar-refractivity contribution in [2.45, 2.75) is 30.8 Å². The number of hydrogen-bond acceptors (Lipinski definition) is 8. The number of esters is 1. The van der Waals surface area contributed by atoms with Crippen molar-refractivity contribution >= 4 is 40.7 Å². The van der Waals surface area contributed by atoms with E-state index in [4.69, 9.17) is 26.8 Å². The molecule has 10 nitrogen and oxygen atoms in total. The Morgan fingerprint density at radius 3 is 2.62 bits per heavy atom. The monoisotopic (exact) mass is 525 g/mol. The van der Waals surface area contributed by atoms with Crippen molar-refractivity contribution in [3.63, 3.8) is 0 Å². The predicted molar refractivity (Wildman–Crippen MR) is 131 cm³/mol. The molecule has 4 unspecified atom stereocenters. The van der Waals surface area contributed by atoms with Gasteiger partial charge in [0.25, 0.3) is 0 Å². The van der Waals surface area contributed by atoms with Gasteiger partial charge in [0.2, 0.25) is 5.95 Å². The van der Waals surface area contributed by atoms with Crippen LogP contribution in [0.15, 0.2) is 60.9 Å². The Balaban J connectivity index is 1.57. The first kappa shape index (κ1) is 24.6. The van der Waals surface area contributed by atoms with Crippen LogP contribution in [0.2, 0.25) is 5.15 Å². The molecule has 37 heavy (non-hydrogen) atoms. The quantitative estimate of drug-likeness (QED) is 0.282. The van der Waals surface area contributed by atoms with E-state index in [0.717, 1.165) is 0 Å². The number of nitrogens with two attached hydrogens (primary N) is 1. The molecule has 4 atom stereocenters. The lowest BCUT2D eigenvalue weighted by Gasteiger charge is -2.29. The number of ether oxygens (including phenoxy) is 2. The molecule has 0 spiro atoms. The fourth-order valence-corrected chi connectivity index (χ4v) is 4.94. The highest BCUT2D eigenvalue weighted by atomic mass is 35.5. The van der Waals surface area contributed by atoms with E-state index in [2.05, 4.69) is 15.0 Å². The topological polar surface area (TPSA) is 142 Å². The van der Waals surface area contributed by atoms with Crippen molar-refractivity contribution in [1.82, 2.24) is 19.5 Å². The molecule has 1 fully saturated rings. The summed E-state index contributed by atoms with van der Waals surface area (Å²) in [7, 11) is 0. The first-order chi connectivity index (χ1) is 17.7. The molecular weight excluding hydrogens is 505 g/mol. The maximum absolute atomic E-state index is 16.8. The van der Waals surface area contributed by atoms with E-state index in [1.807, 2.05) is 0 Å². The number of rotatable bonds is 6. The molecule has 2 aromatic heterocycles. The van der Waals surface area contributed by atoms with Crippen LogP contribution in [-0.2, 0) is 9.47 Å². The number of aromatic nitrogens is 4. The molecule has 0 radical (unpaired) electrons. The van der Waals surface area contributed by atoms with Crippen LogP contribution < -0.4 is 5.73 Å². The molecule has 0 bridgehead atoms. The number of alkyl halides is 1. The molecule has 2 aromatic carbocycles. The molecule has 3 N–H and O–H groups in total. The van der Waals surface area contributed by atoms with Crippen molar-refractivity contribution in [2.24, 2.45) is 0 Å². The van der Waals surface area contributed by atoms with E-state index in [-0.39, 0.29) is 40.0 Å². The lowest BCUT2D eigenvalue weighted by atomic mass is 9.80. The van der Waals surface area contributed by atoms with Crippen LogP contribution in [0.1, 0.15) is 45.3 Å². The number of aromatic carboxylic acids is 1. The minimum absolute atomic E-state index is 0.0130. The summed E-state index contributed by atoms with van der Waals surface area (Å²) < 4.78 is 29.8. The molecule has 0 saturated carbocycles. The number of fused-ring (bicyclic) bond motifs is 1. The average molecular weight is 526 g/mol. The molecule has 190 valence electrons. The van der Waals surface area contributed by atoms with E-state index in [9.17, 15) is 14.7 Å². The van der Waals surface area contributed by atoms with Crippen molar-refractivity contribution in [3.05, 3.63) is 82.8 Å². The van der Waals surface area contributed by atoms with Gasteiger partial charge in [-0.1, -0.05) is 48.0 Å². The van der Waals surface area contributed by atoms with Crippen molar-refractivity contribution in [3.8, 4) is 0 Å². The van der Waals surface area contributed by atoms with Gasteiger partial charge in [-0.2, -0.15) is 9.97 Å². The first-order valence-electron chi connectivity index (χ1n) is 11.2. The number of carboxylic acid groups (broad SMARTS) is 1. The van der Waals surface area contributed by atoms with Crippen LogP contribution in [0.3, 0.4) is 0 Å². The highest BCUT2D eigenvalue weighted by Crippen LogP contribution is 2.52. The third kappa shape index (κ3) is 4.36. The van der Waals surface area contributed by atoms with Gasteiger partial charge in [0.1, 0.15) is 18.2 Å². The molecule has 1 aliphatic heterocycles. The highest BCUT2D eigenvalue weighted by molar-refractivity contribution is 6.33. The largest absolute Gasteiger partial charge is 0.478 e. The number of anilines is 1. The minimum Gasteiger partial charge on any atom is -0.478 e. The van der Waals surface area contributed by atoms with E-state index in [1.54, 1.807) is 42.5 Å². The Morgan fingerprint density at radius 1 is 1.19 bits per heavy atom. The van der Waals surface area contributed by atoms with E-state index >= 15 is 4.39 Å². The number of benzene rings is 2. The molecule has 1 saturated heterocycles. The smallest absolute Gasteiger partial charge is 0.338 e. The Bertz CT molecular complexity index is 1500. The minimum atomic E-state index is -2.21. The molecule has 0 aliphatic carbocycles. The Labute approximate surface area is 214 Å². The fraction of sp³-hybridized carbons (Fsp3) is 0.240. The van der Waals surface area contributed by atoms with Crippen LogP contribution >= 0.6 is 11.6 Å². The number of hydrogen-bond donors (Lipinski definition) is 2.